The Labute approximate surface area is 232 Å². The number of hydrogen-bond acceptors (Lipinski definition) is 9. The summed E-state index contributed by atoms with van der Waals surface area (Å²) in [7, 11) is 3.05. The molecule has 1 saturated carbocycles. The van der Waals surface area contributed by atoms with Crippen LogP contribution in [0.1, 0.15) is 50.8 Å². The second kappa shape index (κ2) is 10.3. The molecule has 1 aromatic carbocycles. The molecule has 3 aliphatic rings. The van der Waals surface area contributed by atoms with Gasteiger partial charge in [0.25, 0.3) is 5.91 Å². The van der Waals surface area contributed by atoms with Gasteiger partial charge in [0.2, 0.25) is 5.78 Å². The Hall–Kier alpha value is -3.28. The molecular weight excluding hydrogens is 521 g/mol. The zero-order valence-corrected chi connectivity index (χ0v) is 23.7. The van der Waals surface area contributed by atoms with Crippen molar-refractivity contribution in [3.8, 4) is 5.75 Å². The summed E-state index contributed by atoms with van der Waals surface area (Å²) in [5.74, 6) is -7.90. The van der Waals surface area contributed by atoms with Gasteiger partial charge in [-0.15, -0.1) is 0 Å². The SMILES string of the molecule is CCN(Cc1cc(O)c2c(c1F)C[C@H]1C[C@H]3[C@H](N(C)C)C(=O)C(C(N)=O)=C(O)[C@@]3(O)C(=O)C1=C2O)[C@H](C)C(C)C. The van der Waals surface area contributed by atoms with Crippen LogP contribution < -0.4 is 5.73 Å². The van der Waals surface area contributed by atoms with Crippen LogP contribution in [0.3, 0.4) is 0 Å². The molecule has 6 N–H and O–H groups in total. The molecule has 4 rings (SSSR count). The quantitative estimate of drug-likeness (QED) is 0.314. The lowest BCUT2D eigenvalue weighted by Crippen LogP contribution is -2.65. The Morgan fingerprint density at radius 3 is 2.35 bits per heavy atom. The van der Waals surface area contributed by atoms with Crippen molar-refractivity contribution in [3.05, 3.63) is 45.5 Å². The highest BCUT2D eigenvalue weighted by molar-refractivity contribution is 6.24. The molecule has 0 bridgehead atoms. The molecule has 0 unspecified atom stereocenters. The lowest BCUT2D eigenvalue weighted by atomic mass is 9.57. The van der Waals surface area contributed by atoms with Gasteiger partial charge in [-0.25, -0.2) is 4.39 Å². The molecule has 40 heavy (non-hydrogen) atoms. The Balaban J connectivity index is 1.87. The average molecular weight is 560 g/mol. The van der Waals surface area contributed by atoms with Gasteiger partial charge in [0.1, 0.15) is 28.7 Å². The van der Waals surface area contributed by atoms with Gasteiger partial charge >= 0.3 is 0 Å². The lowest BCUT2D eigenvalue weighted by molar-refractivity contribution is -0.153. The van der Waals surface area contributed by atoms with Crippen LogP contribution in [0.15, 0.2) is 23.0 Å². The summed E-state index contributed by atoms with van der Waals surface area (Å²) in [6.45, 7) is 9.00. The number of aromatic hydroxyl groups is 1. The first-order valence-electron chi connectivity index (χ1n) is 13.5. The highest BCUT2D eigenvalue weighted by Gasteiger charge is 2.64. The van der Waals surface area contributed by atoms with Crippen molar-refractivity contribution in [2.24, 2.45) is 23.5 Å². The number of carbonyl (C=O) groups is 3. The monoisotopic (exact) mass is 559 g/mol. The molecule has 218 valence electrons. The van der Waals surface area contributed by atoms with E-state index in [1.165, 1.54) is 25.1 Å². The number of halogens is 1. The third-order valence-corrected chi connectivity index (χ3v) is 9.05. The van der Waals surface area contributed by atoms with E-state index in [2.05, 4.69) is 18.7 Å². The number of phenolic OH excluding ortho intramolecular Hbond substituents is 1. The Bertz CT molecular complexity index is 1350. The van der Waals surface area contributed by atoms with Gasteiger partial charge in [0.05, 0.1) is 11.6 Å². The number of nitrogens with two attached hydrogens (primary N) is 1. The molecule has 3 aliphatic carbocycles. The van der Waals surface area contributed by atoms with Crippen molar-refractivity contribution in [3.63, 3.8) is 0 Å². The molecule has 5 atom stereocenters. The molecule has 0 heterocycles. The fraction of sp³-hybridized carbons (Fsp3) is 0.552. The molecule has 1 fully saturated rings. The maximum atomic E-state index is 16.0. The minimum absolute atomic E-state index is 0.0360. The minimum atomic E-state index is -2.73. The second-order valence-electron chi connectivity index (χ2n) is 11.7. The van der Waals surface area contributed by atoms with Crippen LogP contribution in [-0.4, -0.2) is 86.0 Å². The van der Waals surface area contributed by atoms with Gasteiger partial charge in [0, 0.05) is 35.2 Å². The van der Waals surface area contributed by atoms with E-state index >= 15 is 4.39 Å². The number of benzene rings is 1. The summed E-state index contributed by atoms with van der Waals surface area (Å²) in [6.07, 6.45) is -0.185. The van der Waals surface area contributed by atoms with E-state index < -0.39 is 69.6 Å². The van der Waals surface area contributed by atoms with Crippen molar-refractivity contribution >= 4 is 23.2 Å². The highest BCUT2D eigenvalue weighted by atomic mass is 19.1. The van der Waals surface area contributed by atoms with E-state index in [9.17, 15) is 34.8 Å². The maximum Gasteiger partial charge on any atom is 0.255 e. The first-order valence-corrected chi connectivity index (χ1v) is 13.5. The van der Waals surface area contributed by atoms with Gasteiger partial charge in [-0.3, -0.25) is 24.2 Å². The van der Waals surface area contributed by atoms with Crippen LogP contribution in [0.4, 0.5) is 4.39 Å². The van der Waals surface area contributed by atoms with Gasteiger partial charge in [-0.2, -0.15) is 0 Å². The number of nitrogens with zero attached hydrogens (tertiary/aromatic N) is 2. The van der Waals surface area contributed by atoms with E-state index in [4.69, 9.17) is 5.73 Å². The number of aliphatic hydroxyl groups is 3. The molecule has 0 radical (unpaired) electrons. The number of ketones is 2. The first-order chi connectivity index (χ1) is 18.6. The molecule has 1 aromatic rings. The second-order valence-corrected chi connectivity index (χ2v) is 11.7. The molecule has 1 amide bonds. The third-order valence-electron chi connectivity index (χ3n) is 9.05. The molecule has 0 aromatic heterocycles. The number of aliphatic hydroxyl groups excluding tert-OH is 2. The number of primary amides is 1. The van der Waals surface area contributed by atoms with E-state index in [0.717, 1.165) is 0 Å². The van der Waals surface area contributed by atoms with Crippen LogP contribution in [0.5, 0.6) is 5.75 Å². The van der Waals surface area contributed by atoms with E-state index in [0.29, 0.717) is 12.5 Å². The van der Waals surface area contributed by atoms with Gasteiger partial charge in [-0.05, 0) is 58.3 Å². The number of hydrogen-bond donors (Lipinski definition) is 5. The third kappa shape index (κ3) is 4.22. The van der Waals surface area contributed by atoms with Crippen LogP contribution >= 0.6 is 0 Å². The predicted molar refractivity (Wildman–Crippen MR) is 145 cm³/mol. The van der Waals surface area contributed by atoms with E-state index in [1.54, 1.807) is 0 Å². The van der Waals surface area contributed by atoms with E-state index in [1.807, 2.05) is 13.8 Å². The highest BCUT2D eigenvalue weighted by Crippen LogP contribution is 2.53. The number of likely N-dealkylation sites (N-methyl/N-ethyl adjacent to an activating group) is 1. The molecule has 0 aliphatic heterocycles. The summed E-state index contributed by atoms with van der Waals surface area (Å²) in [6, 6.07) is 0.169. The van der Waals surface area contributed by atoms with Crippen LogP contribution in [0.2, 0.25) is 0 Å². The van der Waals surface area contributed by atoms with Crippen LogP contribution in [0.25, 0.3) is 5.76 Å². The largest absolute Gasteiger partial charge is 0.508 e. The van der Waals surface area contributed by atoms with E-state index in [-0.39, 0.29) is 47.7 Å². The molecule has 10 nitrogen and oxygen atoms in total. The lowest BCUT2D eigenvalue weighted by Gasteiger charge is -2.50. The van der Waals surface area contributed by atoms with Gasteiger partial charge in [0.15, 0.2) is 11.4 Å². The molecule has 0 spiro atoms. The Morgan fingerprint density at radius 1 is 1.20 bits per heavy atom. The standard InChI is InChI=1S/C29H38FN3O7/c1-7-33(13(4)12(2)3)11-15-10-18(34)20-16(22(15)30)8-14-9-17-23(32(5)6)25(36)21(28(31)39)27(38)29(17,40)26(37)19(14)24(20)35/h10,12-14,17,23,34-35,38,40H,7-9,11H2,1-6H3,(H2,31,39)/t13-,14+,17+,23+,29+/m1/s1. The van der Waals surface area contributed by atoms with Gasteiger partial charge < -0.3 is 26.2 Å². The normalized spacial score (nSPS) is 27.3. The van der Waals surface area contributed by atoms with Crippen molar-refractivity contribution in [2.45, 2.75) is 64.8 Å². The summed E-state index contributed by atoms with van der Waals surface area (Å²) in [4.78, 5) is 42.6. The maximum absolute atomic E-state index is 16.0. The molecule has 11 heteroatoms. The fourth-order valence-corrected chi connectivity index (χ4v) is 6.65. The molecule has 0 saturated heterocycles. The van der Waals surface area contributed by atoms with Crippen molar-refractivity contribution < 1.29 is 39.2 Å². The van der Waals surface area contributed by atoms with Crippen LogP contribution in [-0.2, 0) is 27.3 Å². The summed E-state index contributed by atoms with van der Waals surface area (Å²) in [5.41, 5.74) is 1.44. The van der Waals surface area contributed by atoms with Gasteiger partial charge in [-0.1, -0.05) is 20.8 Å². The number of Topliss-reactive ketones (excluding diaryl/α,β-unsaturated/α-hetero) is 2. The Kier molecular flexibility index (Phi) is 7.63. The zero-order valence-electron chi connectivity index (χ0n) is 23.7. The number of fused-ring (bicyclic) bond motifs is 3. The Morgan fingerprint density at radius 2 is 1.82 bits per heavy atom. The topological polar surface area (TPSA) is 165 Å². The first kappa shape index (κ1) is 29.7. The minimum Gasteiger partial charge on any atom is -0.508 e. The zero-order chi connectivity index (χ0) is 30.0. The number of phenols is 1. The summed E-state index contributed by atoms with van der Waals surface area (Å²) < 4.78 is 16.0. The van der Waals surface area contributed by atoms with Crippen molar-refractivity contribution in [2.75, 3.05) is 20.6 Å². The average Bonchev–Trinajstić information content (AvgIpc) is 2.86. The summed E-state index contributed by atoms with van der Waals surface area (Å²) in [5, 5.41) is 44.7. The van der Waals surface area contributed by atoms with Crippen molar-refractivity contribution in [1.29, 1.82) is 0 Å². The summed E-state index contributed by atoms with van der Waals surface area (Å²) >= 11 is 0. The smallest absolute Gasteiger partial charge is 0.255 e. The number of rotatable bonds is 7. The predicted octanol–water partition coefficient (Wildman–Crippen LogP) is 1.97. The fourth-order valence-electron chi connectivity index (χ4n) is 6.65. The molecular formula is C29H38FN3O7. The number of amides is 1. The van der Waals surface area contributed by atoms with Crippen LogP contribution in [0, 0.1) is 23.6 Å². The number of carbonyl (C=O) groups excluding carboxylic acids is 3. The van der Waals surface area contributed by atoms with Crippen molar-refractivity contribution in [1.82, 2.24) is 9.80 Å².